The van der Waals surface area contributed by atoms with Crippen LogP contribution in [0.25, 0.3) is 0 Å². The van der Waals surface area contributed by atoms with E-state index in [2.05, 4.69) is 19.2 Å². The minimum Gasteiger partial charge on any atom is -0.465 e. The summed E-state index contributed by atoms with van der Waals surface area (Å²) in [6, 6.07) is 10.8. The predicted molar refractivity (Wildman–Crippen MR) is 74.3 cm³/mol. The quantitative estimate of drug-likeness (QED) is 0.872. The van der Waals surface area contributed by atoms with Crippen LogP contribution in [0, 0.1) is 18.7 Å². The number of hydrogen-bond donors (Lipinski definition) is 1. The summed E-state index contributed by atoms with van der Waals surface area (Å²) in [4.78, 5) is 0. The molecule has 0 amide bonds. The summed E-state index contributed by atoms with van der Waals surface area (Å²) in [6.07, 6.45) is 0. The van der Waals surface area contributed by atoms with Crippen molar-refractivity contribution < 1.29 is 8.81 Å². The van der Waals surface area contributed by atoms with Gasteiger partial charge in [-0.2, -0.15) is 0 Å². The van der Waals surface area contributed by atoms with E-state index in [1.807, 2.05) is 31.2 Å². The van der Waals surface area contributed by atoms with Crippen LogP contribution in [0.5, 0.6) is 0 Å². The first-order chi connectivity index (χ1) is 9.06. The summed E-state index contributed by atoms with van der Waals surface area (Å²) in [6.45, 7) is 6.90. The van der Waals surface area contributed by atoms with Crippen molar-refractivity contribution in [2.45, 2.75) is 33.4 Å². The van der Waals surface area contributed by atoms with Crippen LogP contribution in [-0.2, 0) is 6.54 Å². The standard InChI is InChI=1S/C16H20FNO/c1-11(2)16(13-5-7-14(17)8-6-13)18-10-15-9-4-12(3)19-15/h4-9,11,16,18H,10H2,1-3H3. The zero-order chi connectivity index (χ0) is 13.8. The number of nitrogens with one attached hydrogen (secondary N) is 1. The van der Waals surface area contributed by atoms with E-state index in [0.717, 1.165) is 17.1 Å². The number of furan rings is 1. The van der Waals surface area contributed by atoms with Gasteiger partial charge in [-0.3, -0.25) is 0 Å². The molecular formula is C16H20FNO. The Morgan fingerprint density at radius 2 is 1.79 bits per heavy atom. The minimum atomic E-state index is -0.201. The Balaban J connectivity index is 2.06. The van der Waals surface area contributed by atoms with Crippen molar-refractivity contribution in [3.05, 3.63) is 59.3 Å². The van der Waals surface area contributed by atoms with Crippen LogP contribution in [0.4, 0.5) is 4.39 Å². The molecule has 0 aliphatic rings. The molecule has 1 unspecified atom stereocenters. The first-order valence-corrected chi connectivity index (χ1v) is 6.60. The third-order valence-electron chi connectivity index (χ3n) is 3.19. The maximum atomic E-state index is 13.0. The molecule has 0 saturated carbocycles. The molecule has 1 heterocycles. The van der Waals surface area contributed by atoms with Crippen LogP contribution in [0.2, 0.25) is 0 Å². The van der Waals surface area contributed by atoms with Crippen molar-refractivity contribution in [3.63, 3.8) is 0 Å². The summed E-state index contributed by atoms with van der Waals surface area (Å²) in [5.41, 5.74) is 1.10. The Morgan fingerprint density at radius 1 is 1.11 bits per heavy atom. The van der Waals surface area contributed by atoms with Gasteiger partial charge >= 0.3 is 0 Å². The van der Waals surface area contributed by atoms with Crippen LogP contribution >= 0.6 is 0 Å². The second-order valence-corrected chi connectivity index (χ2v) is 5.17. The average Bonchev–Trinajstić information content (AvgIpc) is 2.77. The van der Waals surface area contributed by atoms with Crippen molar-refractivity contribution >= 4 is 0 Å². The van der Waals surface area contributed by atoms with Crippen molar-refractivity contribution in [1.29, 1.82) is 0 Å². The van der Waals surface area contributed by atoms with Gasteiger partial charge in [-0.25, -0.2) is 4.39 Å². The fraction of sp³-hybridized carbons (Fsp3) is 0.375. The molecule has 1 N–H and O–H groups in total. The van der Waals surface area contributed by atoms with E-state index in [1.54, 1.807) is 0 Å². The summed E-state index contributed by atoms with van der Waals surface area (Å²) >= 11 is 0. The highest BCUT2D eigenvalue weighted by atomic mass is 19.1. The Bertz CT molecular complexity index is 516. The van der Waals surface area contributed by atoms with Crippen molar-refractivity contribution in [3.8, 4) is 0 Å². The van der Waals surface area contributed by atoms with Gasteiger partial charge in [-0.15, -0.1) is 0 Å². The first-order valence-electron chi connectivity index (χ1n) is 6.60. The number of benzene rings is 1. The van der Waals surface area contributed by atoms with Crippen molar-refractivity contribution in [1.82, 2.24) is 5.32 Å². The molecule has 1 aromatic carbocycles. The zero-order valence-corrected chi connectivity index (χ0v) is 11.6. The number of hydrogen-bond acceptors (Lipinski definition) is 2. The second-order valence-electron chi connectivity index (χ2n) is 5.17. The topological polar surface area (TPSA) is 25.2 Å². The van der Waals surface area contributed by atoms with Gasteiger partial charge in [0.25, 0.3) is 0 Å². The summed E-state index contributed by atoms with van der Waals surface area (Å²) in [7, 11) is 0. The van der Waals surface area contributed by atoms with Gasteiger partial charge < -0.3 is 9.73 Å². The molecule has 3 heteroatoms. The largest absolute Gasteiger partial charge is 0.465 e. The minimum absolute atomic E-state index is 0.186. The van der Waals surface area contributed by atoms with E-state index in [4.69, 9.17) is 4.42 Å². The van der Waals surface area contributed by atoms with Gasteiger partial charge in [0.05, 0.1) is 6.54 Å². The number of aryl methyl sites for hydroxylation is 1. The smallest absolute Gasteiger partial charge is 0.123 e. The highest BCUT2D eigenvalue weighted by molar-refractivity contribution is 5.20. The fourth-order valence-electron chi connectivity index (χ4n) is 2.20. The lowest BCUT2D eigenvalue weighted by Gasteiger charge is -2.22. The predicted octanol–water partition coefficient (Wildman–Crippen LogP) is 4.21. The molecule has 0 aliphatic carbocycles. The summed E-state index contributed by atoms with van der Waals surface area (Å²) < 4.78 is 18.5. The molecule has 0 aliphatic heterocycles. The van der Waals surface area contributed by atoms with Crippen LogP contribution in [0.15, 0.2) is 40.8 Å². The summed E-state index contributed by atoms with van der Waals surface area (Å²) in [5, 5.41) is 3.47. The van der Waals surface area contributed by atoms with Crippen LogP contribution < -0.4 is 5.32 Å². The van der Waals surface area contributed by atoms with Gasteiger partial charge in [0.15, 0.2) is 0 Å². The number of halogens is 1. The second kappa shape index (κ2) is 6.02. The monoisotopic (exact) mass is 261 g/mol. The SMILES string of the molecule is Cc1ccc(CNC(c2ccc(F)cc2)C(C)C)o1. The molecule has 102 valence electrons. The van der Waals surface area contributed by atoms with E-state index in [1.165, 1.54) is 12.1 Å². The van der Waals surface area contributed by atoms with Crippen LogP contribution in [-0.4, -0.2) is 0 Å². The van der Waals surface area contributed by atoms with E-state index >= 15 is 0 Å². The first kappa shape index (κ1) is 13.8. The van der Waals surface area contributed by atoms with Crippen LogP contribution in [0.1, 0.15) is 37.0 Å². The Kier molecular flexibility index (Phi) is 4.38. The third-order valence-corrected chi connectivity index (χ3v) is 3.19. The molecule has 2 rings (SSSR count). The maximum Gasteiger partial charge on any atom is 0.123 e. The molecule has 0 bridgehead atoms. The van der Waals surface area contributed by atoms with Crippen LogP contribution in [0.3, 0.4) is 0 Å². The molecule has 0 fully saturated rings. The molecule has 2 nitrogen and oxygen atoms in total. The fourth-order valence-corrected chi connectivity index (χ4v) is 2.20. The van der Waals surface area contributed by atoms with Crippen molar-refractivity contribution in [2.24, 2.45) is 5.92 Å². The normalized spacial score (nSPS) is 12.9. The lowest BCUT2D eigenvalue weighted by atomic mass is 9.96. The molecule has 2 aromatic rings. The molecule has 0 radical (unpaired) electrons. The van der Waals surface area contributed by atoms with Gasteiger partial charge in [0.1, 0.15) is 17.3 Å². The highest BCUT2D eigenvalue weighted by Crippen LogP contribution is 2.22. The Hall–Kier alpha value is -1.61. The van der Waals surface area contributed by atoms with Gasteiger partial charge in [-0.1, -0.05) is 26.0 Å². The van der Waals surface area contributed by atoms with Gasteiger partial charge in [0, 0.05) is 6.04 Å². The van der Waals surface area contributed by atoms with Crippen molar-refractivity contribution in [2.75, 3.05) is 0 Å². The van der Waals surface area contributed by atoms with E-state index in [0.29, 0.717) is 12.5 Å². The Labute approximate surface area is 113 Å². The van der Waals surface area contributed by atoms with E-state index in [9.17, 15) is 4.39 Å². The van der Waals surface area contributed by atoms with E-state index in [-0.39, 0.29) is 11.9 Å². The Morgan fingerprint density at radius 3 is 2.32 bits per heavy atom. The lowest BCUT2D eigenvalue weighted by molar-refractivity contribution is 0.379. The molecule has 0 saturated heterocycles. The molecule has 0 spiro atoms. The van der Waals surface area contributed by atoms with E-state index < -0.39 is 0 Å². The molecular weight excluding hydrogens is 241 g/mol. The average molecular weight is 261 g/mol. The zero-order valence-electron chi connectivity index (χ0n) is 11.6. The lowest BCUT2D eigenvalue weighted by Crippen LogP contribution is -2.25. The third kappa shape index (κ3) is 3.67. The number of rotatable bonds is 5. The van der Waals surface area contributed by atoms with Gasteiger partial charge in [-0.05, 0) is 42.7 Å². The highest BCUT2D eigenvalue weighted by Gasteiger charge is 2.15. The molecule has 1 atom stereocenters. The van der Waals surface area contributed by atoms with Gasteiger partial charge in [0.2, 0.25) is 0 Å². The summed E-state index contributed by atoms with van der Waals surface area (Å²) in [5.74, 6) is 2.05. The molecule has 19 heavy (non-hydrogen) atoms. The maximum absolute atomic E-state index is 13.0. The molecule has 1 aromatic heterocycles.